The second-order valence-corrected chi connectivity index (χ2v) is 7.54. The molecule has 0 unspecified atom stereocenters. The minimum absolute atomic E-state index is 0.267. The van der Waals surface area contributed by atoms with Crippen LogP contribution in [-0.4, -0.2) is 21.2 Å². The predicted molar refractivity (Wildman–Crippen MR) is 105 cm³/mol. The van der Waals surface area contributed by atoms with E-state index in [1.54, 1.807) is 11.3 Å². The SMILES string of the molecule is Cc1nc2c(Br)cccn2c1-c1csc(Nc2ccc3c(c2)OCO3)n1. The Morgan fingerprint density at radius 3 is 3.00 bits per heavy atom. The van der Waals surface area contributed by atoms with Crippen molar-refractivity contribution in [1.82, 2.24) is 14.4 Å². The summed E-state index contributed by atoms with van der Waals surface area (Å²) >= 11 is 5.11. The van der Waals surface area contributed by atoms with Crippen LogP contribution >= 0.6 is 27.3 Å². The third-order valence-corrected chi connectivity index (χ3v) is 5.52. The fourth-order valence-corrected chi connectivity index (χ4v) is 4.14. The van der Waals surface area contributed by atoms with Gasteiger partial charge in [-0.1, -0.05) is 0 Å². The molecule has 4 aromatic rings. The number of pyridine rings is 1. The Balaban J connectivity index is 1.49. The molecule has 0 bridgehead atoms. The highest BCUT2D eigenvalue weighted by Crippen LogP contribution is 2.36. The summed E-state index contributed by atoms with van der Waals surface area (Å²) in [7, 11) is 0. The second-order valence-electron chi connectivity index (χ2n) is 5.83. The first-order valence-corrected chi connectivity index (χ1v) is 9.62. The van der Waals surface area contributed by atoms with Crippen molar-refractivity contribution in [1.29, 1.82) is 0 Å². The summed E-state index contributed by atoms with van der Waals surface area (Å²) in [5.41, 5.74) is 4.63. The molecule has 130 valence electrons. The Kier molecular flexibility index (Phi) is 3.61. The van der Waals surface area contributed by atoms with Crippen LogP contribution < -0.4 is 14.8 Å². The third-order valence-electron chi connectivity index (χ3n) is 4.15. The van der Waals surface area contributed by atoms with Crippen LogP contribution in [0.1, 0.15) is 5.69 Å². The van der Waals surface area contributed by atoms with E-state index in [1.807, 2.05) is 48.8 Å². The summed E-state index contributed by atoms with van der Waals surface area (Å²) in [6.45, 7) is 2.27. The largest absolute Gasteiger partial charge is 0.454 e. The lowest BCUT2D eigenvalue weighted by Crippen LogP contribution is -1.93. The van der Waals surface area contributed by atoms with Gasteiger partial charge in [0.1, 0.15) is 5.69 Å². The molecule has 0 radical (unpaired) electrons. The van der Waals surface area contributed by atoms with Crippen molar-refractivity contribution in [2.75, 3.05) is 12.1 Å². The number of rotatable bonds is 3. The molecule has 0 fully saturated rings. The quantitative estimate of drug-likeness (QED) is 0.497. The van der Waals surface area contributed by atoms with E-state index in [4.69, 9.17) is 14.5 Å². The number of halogens is 1. The standard InChI is InChI=1S/C18H13BrN4O2S/c1-10-16(23-6-2-3-12(19)17(23)20-10)13-8-26-18(22-13)21-11-4-5-14-15(7-11)25-9-24-14/h2-8H,9H2,1H3,(H,21,22). The van der Waals surface area contributed by atoms with Gasteiger partial charge in [0.05, 0.1) is 15.9 Å². The maximum absolute atomic E-state index is 5.42. The highest BCUT2D eigenvalue weighted by atomic mass is 79.9. The maximum Gasteiger partial charge on any atom is 0.231 e. The van der Waals surface area contributed by atoms with Crippen molar-refractivity contribution in [3.8, 4) is 22.9 Å². The van der Waals surface area contributed by atoms with E-state index < -0.39 is 0 Å². The number of hydrogen-bond acceptors (Lipinski definition) is 6. The molecule has 4 heterocycles. The number of fused-ring (bicyclic) bond motifs is 2. The molecule has 6 nitrogen and oxygen atoms in total. The molecule has 26 heavy (non-hydrogen) atoms. The molecule has 3 aromatic heterocycles. The van der Waals surface area contributed by atoms with Crippen LogP contribution in [-0.2, 0) is 0 Å². The van der Waals surface area contributed by atoms with Crippen LogP contribution in [0, 0.1) is 6.92 Å². The molecule has 0 aliphatic carbocycles. The van der Waals surface area contributed by atoms with Gasteiger partial charge in [0.2, 0.25) is 6.79 Å². The lowest BCUT2D eigenvalue weighted by Gasteiger charge is -2.04. The Bertz CT molecular complexity index is 1140. The van der Waals surface area contributed by atoms with Gasteiger partial charge in [-0.05, 0) is 47.1 Å². The minimum Gasteiger partial charge on any atom is -0.454 e. The molecule has 8 heteroatoms. The zero-order valence-corrected chi connectivity index (χ0v) is 16.1. The van der Waals surface area contributed by atoms with Gasteiger partial charge in [-0.3, -0.25) is 4.40 Å². The van der Waals surface area contributed by atoms with Crippen LogP contribution in [0.5, 0.6) is 11.5 Å². The van der Waals surface area contributed by atoms with Crippen molar-refractivity contribution in [2.24, 2.45) is 0 Å². The molecular formula is C18H13BrN4O2S. The van der Waals surface area contributed by atoms with Gasteiger partial charge in [-0.25, -0.2) is 9.97 Å². The number of nitrogens with zero attached hydrogens (tertiary/aromatic N) is 3. The molecule has 0 saturated heterocycles. The van der Waals surface area contributed by atoms with Crippen molar-refractivity contribution in [3.05, 3.63) is 52.1 Å². The fourth-order valence-electron chi connectivity index (χ4n) is 2.99. The van der Waals surface area contributed by atoms with Gasteiger partial charge in [-0.15, -0.1) is 11.3 Å². The topological polar surface area (TPSA) is 60.7 Å². The maximum atomic E-state index is 5.42. The molecule has 1 aliphatic heterocycles. The number of aromatic nitrogens is 3. The number of imidazole rings is 1. The lowest BCUT2D eigenvalue weighted by molar-refractivity contribution is 0.174. The molecule has 0 amide bonds. The van der Waals surface area contributed by atoms with Crippen LogP contribution in [0.3, 0.4) is 0 Å². The van der Waals surface area contributed by atoms with Gasteiger partial charge < -0.3 is 14.8 Å². The Morgan fingerprint density at radius 2 is 2.08 bits per heavy atom. The van der Waals surface area contributed by atoms with Crippen molar-refractivity contribution >= 4 is 43.7 Å². The summed E-state index contributed by atoms with van der Waals surface area (Å²) in [6, 6.07) is 9.73. The van der Waals surface area contributed by atoms with Crippen LogP contribution in [0.25, 0.3) is 17.0 Å². The third kappa shape index (κ3) is 2.53. The number of hydrogen-bond donors (Lipinski definition) is 1. The molecule has 0 spiro atoms. The highest BCUT2D eigenvalue weighted by molar-refractivity contribution is 9.10. The van der Waals surface area contributed by atoms with E-state index in [0.29, 0.717) is 0 Å². The number of thiazole rings is 1. The van der Waals surface area contributed by atoms with E-state index in [9.17, 15) is 0 Å². The van der Waals surface area contributed by atoms with Crippen molar-refractivity contribution in [3.63, 3.8) is 0 Å². The van der Waals surface area contributed by atoms with Gasteiger partial charge in [-0.2, -0.15) is 0 Å². The smallest absolute Gasteiger partial charge is 0.231 e. The molecule has 0 saturated carbocycles. The first-order chi connectivity index (χ1) is 12.7. The van der Waals surface area contributed by atoms with E-state index >= 15 is 0 Å². The van der Waals surface area contributed by atoms with Crippen molar-refractivity contribution in [2.45, 2.75) is 6.92 Å². The van der Waals surface area contributed by atoms with Crippen LogP contribution in [0.15, 0.2) is 46.4 Å². The Labute approximate surface area is 161 Å². The number of ether oxygens (including phenoxy) is 2. The Morgan fingerprint density at radius 1 is 1.19 bits per heavy atom. The molecule has 0 atom stereocenters. The predicted octanol–water partition coefficient (Wildman–Crippen LogP) is 5.00. The number of nitrogens with one attached hydrogen (secondary N) is 1. The van der Waals surface area contributed by atoms with Crippen LogP contribution in [0.2, 0.25) is 0 Å². The van der Waals surface area contributed by atoms with E-state index in [0.717, 1.165) is 49.5 Å². The minimum atomic E-state index is 0.267. The lowest BCUT2D eigenvalue weighted by atomic mass is 10.3. The first kappa shape index (κ1) is 15.7. The molecule has 5 rings (SSSR count). The van der Waals surface area contributed by atoms with E-state index in [2.05, 4.69) is 30.6 Å². The molecule has 1 N–H and O–H groups in total. The summed E-state index contributed by atoms with van der Waals surface area (Å²) in [4.78, 5) is 9.39. The van der Waals surface area contributed by atoms with Gasteiger partial charge in [0.15, 0.2) is 22.3 Å². The summed E-state index contributed by atoms with van der Waals surface area (Å²) in [5.74, 6) is 1.51. The average molecular weight is 429 g/mol. The number of aryl methyl sites for hydroxylation is 1. The van der Waals surface area contributed by atoms with Gasteiger partial charge >= 0.3 is 0 Å². The molecule has 1 aliphatic rings. The molecule has 1 aromatic carbocycles. The number of anilines is 2. The second kappa shape index (κ2) is 6.00. The normalized spacial score (nSPS) is 12.7. The fraction of sp³-hybridized carbons (Fsp3) is 0.111. The van der Waals surface area contributed by atoms with E-state index in [1.165, 1.54) is 0 Å². The number of benzene rings is 1. The zero-order valence-electron chi connectivity index (χ0n) is 13.7. The van der Waals surface area contributed by atoms with Crippen molar-refractivity contribution < 1.29 is 9.47 Å². The molecular weight excluding hydrogens is 416 g/mol. The Hall–Kier alpha value is -2.58. The van der Waals surface area contributed by atoms with Gasteiger partial charge in [0, 0.05) is 23.3 Å². The summed E-state index contributed by atoms with van der Waals surface area (Å²) in [5, 5.41) is 6.17. The summed E-state index contributed by atoms with van der Waals surface area (Å²) in [6.07, 6.45) is 2.00. The zero-order chi connectivity index (χ0) is 17.7. The average Bonchev–Trinajstić information content (AvgIpc) is 3.33. The van der Waals surface area contributed by atoms with Crippen LogP contribution in [0.4, 0.5) is 10.8 Å². The summed E-state index contributed by atoms with van der Waals surface area (Å²) < 4.78 is 13.8. The van der Waals surface area contributed by atoms with Gasteiger partial charge in [0.25, 0.3) is 0 Å². The highest BCUT2D eigenvalue weighted by Gasteiger charge is 2.17. The van der Waals surface area contributed by atoms with E-state index in [-0.39, 0.29) is 6.79 Å². The first-order valence-electron chi connectivity index (χ1n) is 7.95. The monoisotopic (exact) mass is 428 g/mol.